The minimum atomic E-state index is 0.263. The molecule has 1 rings (SSSR count). The Labute approximate surface area is 161 Å². The van der Waals surface area contributed by atoms with Crippen molar-refractivity contribution < 1.29 is 4.79 Å². The van der Waals surface area contributed by atoms with Crippen molar-refractivity contribution in [3.63, 3.8) is 0 Å². The Kier molecular flexibility index (Phi) is 15.3. The summed E-state index contributed by atoms with van der Waals surface area (Å²) in [6, 6.07) is 0. The fourth-order valence-electron chi connectivity index (χ4n) is 3.46. The smallest absolute Gasteiger partial charge is 0.185 e. The molecule has 25 heavy (non-hydrogen) atoms. The standard InChI is InChI=1S/C23H40OS/c1-22(24)25-21-17-13-11-9-7-5-3-2-4-6-8-10-12-14-18-23-19-15-16-20-23/h15,19-20H,2-14,16-18,21H2,1H3. The minimum absolute atomic E-state index is 0.263. The second-order valence-corrected chi connectivity index (χ2v) is 8.73. The van der Waals surface area contributed by atoms with Crippen LogP contribution in [0.25, 0.3) is 0 Å². The van der Waals surface area contributed by atoms with Crippen molar-refractivity contribution in [1.82, 2.24) is 0 Å². The summed E-state index contributed by atoms with van der Waals surface area (Å²) in [5, 5.41) is 0.263. The van der Waals surface area contributed by atoms with Crippen molar-refractivity contribution in [1.29, 1.82) is 0 Å². The lowest BCUT2D eigenvalue weighted by molar-refractivity contribution is -0.109. The topological polar surface area (TPSA) is 17.1 Å². The predicted molar refractivity (Wildman–Crippen MR) is 114 cm³/mol. The maximum atomic E-state index is 10.8. The molecular formula is C23H40OS. The normalized spacial score (nSPS) is 13.4. The van der Waals surface area contributed by atoms with Crippen molar-refractivity contribution in [3.05, 3.63) is 23.8 Å². The molecule has 0 saturated heterocycles. The molecule has 1 aliphatic carbocycles. The Hall–Kier alpha value is -0.500. The zero-order valence-corrected chi connectivity index (χ0v) is 17.4. The van der Waals surface area contributed by atoms with Crippen LogP contribution in [0.15, 0.2) is 23.8 Å². The summed E-state index contributed by atoms with van der Waals surface area (Å²) in [7, 11) is 0. The maximum absolute atomic E-state index is 10.8. The number of allylic oxidation sites excluding steroid dienone is 4. The van der Waals surface area contributed by atoms with Crippen molar-refractivity contribution in [2.24, 2.45) is 0 Å². The van der Waals surface area contributed by atoms with E-state index in [0.29, 0.717) is 0 Å². The predicted octanol–water partition coefficient (Wildman–Crippen LogP) is 8.00. The molecule has 0 unspecified atom stereocenters. The number of thioether (sulfide) groups is 1. The highest BCUT2D eigenvalue weighted by atomic mass is 32.2. The molecule has 0 fully saturated rings. The summed E-state index contributed by atoms with van der Waals surface area (Å²) in [5.41, 5.74) is 1.56. The number of hydrogen-bond donors (Lipinski definition) is 0. The number of hydrogen-bond acceptors (Lipinski definition) is 2. The third-order valence-electron chi connectivity index (χ3n) is 5.01. The van der Waals surface area contributed by atoms with E-state index in [1.165, 1.54) is 108 Å². The molecule has 144 valence electrons. The first kappa shape index (κ1) is 22.5. The average Bonchev–Trinajstić information content (AvgIpc) is 3.11. The summed E-state index contributed by atoms with van der Waals surface area (Å²) in [5.74, 6) is 1.02. The van der Waals surface area contributed by atoms with E-state index >= 15 is 0 Å². The van der Waals surface area contributed by atoms with Gasteiger partial charge in [-0.15, -0.1) is 0 Å². The first-order valence-electron chi connectivity index (χ1n) is 10.8. The molecule has 0 radical (unpaired) electrons. The van der Waals surface area contributed by atoms with E-state index < -0.39 is 0 Å². The highest BCUT2D eigenvalue weighted by molar-refractivity contribution is 8.13. The molecule has 0 N–H and O–H groups in total. The third kappa shape index (κ3) is 15.5. The van der Waals surface area contributed by atoms with Gasteiger partial charge in [0.2, 0.25) is 0 Å². The van der Waals surface area contributed by atoms with Gasteiger partial charge >= 0.3 is 0 Å². The highest BCUT2D eigenvalue weighted by Gasteiger charge is 1.98. The minimum Gasteiger partial charge on any atom is -0.288 e. The molecule has 0 aliphatic heterocycles. The molecule has 0 saturated carbocycles. The van der Waals surface area contributed by atoms with Gasteiger partial charge in [0.15, 0.2) is 5.12 Å². The van der Waals surface area contributed by atoms with E-state index in [1.807, 2.05) is 0 Å². The van der Waals surface area contributed by atoms with Gasteiger partial charge in [0.25, 0.3) is 0 Å². The van der Waals surface area contributed by atoms with Gasteiger partial charge in [-0.3, -0.25) is 4.79 Å². The van der Waals surface area contributed by atoms with Crippen LogP contribution in [-0.4, -0.2) is 10.9 Å². The second-order valence-electron chi connectivity index (χ2n) is 7.46. The largest absolute Gasteiger partial charge is 0.288 e. The summed E-state index contributed by atoms with van der Waals surface area (Å²) < 4.78 is 0. The molecule has 0 aromatic carbocycles. The first-order chi connectivity index (χ1) is 12.3. The lowest BCUT2D eigenvalue weighted by Gasteiger charge is -2.04. The van der Waals surface area contributed by atoms with Crippen LogP contribution in [0.3, 0.4) is 0 Å². The molecule has 0 heterocycles. The van der Waals surface area contributed by atoms with Gasteiger partial charge in [0.05, 0.1) is 0 Å². The lowest BCUT2D eigenvalue weighted by Crippen LogP contribution is -1.87. The van der Waals surface area contributed by atoms with Crippen molar-refractivity contribution in [3.8, 4) is 0 Å². The number of carbonyl (C=O) groups is 1. The molecule has 1 aliphatic rings. The first-order valence-corrected chi connectivity index (χ1v) is 11.8. The molecular weight excluding hydrogens is 324 g/mol. The Morgan fingerprint density at radius 1 is 0.800 bits per heavy atom. The van der Waals surface area contributed by atoms with Gasteiger partial charge < -0.3 is 0 Å². The van der Waals surface area contributed by atoms with Crippen LogP contribution in [0.5, 0.6) is 0 Å². The molecule has 0 atom stereocenters. The fourth-order valence-corrected chi connectivity index (χ4v) is 4.10. The molecule has 2 heteroatoms. The zero-order valence-electron chi connectivity index (χ0n) is 16.6. The van der Waals surface area contributed by atoms with E-state index in [2.05, 4.69) is 18.2 Å². The van der Waals surface area contributed by atoms with Gasteiger partial charge in [-0.1, -0.05) is 113 Å². The number of carbonyl (C=O) groups excluding carboxylic acids is 1. The summed E-state index contributed by atoms with van der Waals surface area (Å²) >= 11 is 1.48. The molecule has 0 aromatic rings. The molecule has 0 amide bonds. The van der Waals surface area contributed by atoms with E-state index in [1.54, 1.807) is 12.5 Å². The summed E-state index contributed by atoms with van der Waals surface area (Å²) in [6.07, 6.45) is 28.9. The van der Waals surface area contributed by atoms with Crippen LogP contribution < -0.4 is 0 Å². The average molecular weight is 365 g/mol. The van der Waals surface area contributed by atoms with Crippen molar-refractivity contribution in [2.45, 2.75) is 110 Å². The van der Waals surface area contributed by atoms with Crippen LogP contribution >= 0.6 is 11.8 Å². The quantitative estimate of drug-likeness (QED) is 0.243. The third-order valence-corrected chi connectivity index (χ3v) is 5.91. The van der Waals surface area contributed by atoms with E-state index in [0.717, 1.165) is 12.2 Å². The van der Waals surface area contributed by atoms with Crippen LogP contribution in [0.1, 0.15) is 110 Å². The lowest BCUT2D eigenvalue weighted by atomic mass is 10.0. The Bertz CT molecular complexity index is 384. The van der Waals surface area contributed by atoms with Crippen molar-refractivity contribution >= 4 is 16.9 Å². The highest BCUT2D eigenvalue weighted by Crippen LogP contribution is 2.18. The van der Waals surface area contributed by atoms with Crippen LogP contribution in [-0.2, 0) is 4.79 Å². The molecule has 1 nitrogen and oxygen atoms in total. The molecule has 0 bridgehead atoms. The monoisotopic (exact) mass is 364 g/mol. The van der Waals surface area contributed by atoms with Gasteiger partial charge in [-0.2, -0.15) is 0 Å². The van der Waals surface area contributed by atoms with Gasteiger partial charge in [0.1, 0.15) is 0 Å². The van der Waals surface area contributed by atoms with Gasteiger partial charge in [-0.05, 0) is 25.7 Å². The van der Waals surface area contributed by atoms with Crippen LogP contribution in [0, 0.1) is 0 Å². The Morgan fingerprint density at radius 3 is 1.72 bits per heavy atom. The second kappa shape index (κ2) is 16.9. The van der Waals surface area contributed by atoms with Gasteiger partial charge in [0, 0.05) is 12.7 Å². The fraction of sp³-hybridized carbons (Fsp3) is 0.783. The number of unbranched alkanes of at least 4 members (excludes halogenated alkanes) is 13. The molecule has 0 aromatic heterocycles. The summed E-state index contributed by atoms with van der Waals surface area (Å²) in [4.78, 5) is 10.8. The Morgan fingerprint density at radius 2 is 1.28 bits per heavy atom. The number of rotatable bonds is 17. The Balaban J connectivity index is 1.66. The van der Waals surface area contributed by atoms with E-state index in [9.17, 15) is 4.79 Å². The maximum Gasteiger partial charge on any atom is 0.185 e. The van der Waals surface area contributed by atoms with Crippen LogP contribution in [0.4, 0.5) is 0 Å². The van der Waals surface area contributed by atoms with Gasteiger partial charge in [-0.25, -0.2) is 0 Å². The van der Waals surface area contributed by atoms with E-state index in [4.69, 9.17) is 0 Å². The van der Waals surface area contributed by atoms with Crippen LogP contribution in [0.2, 0.25) is 0 Å². The molecule has 0 spiro atoms. The van der Waals surface area contributed by atoms with Crippen molar-refractivity contribution in [2.75, 3.05) is 5.75 Å². The SMILES string of the molecule is CC(=O)SCCCCCCCCCCCCCCCCC1=CCC=C1. The zero-order chi connectivity index (χ0) is 18.0. The van der Waals surface area contributed by atoms with E-state index in [-0.39, 0.29) is 5.12 Å². The summed E-state index contributed by atoms with van der Waals surface area (Å²) in [6.45, 7) is 1.66.